The van der Waals surface area contributed by atoms with E-state index in [0.29, 0.717) is 17.6 Å². The van der Waals surface area contributed by atoms with E-state index < -0.39 is 0 Å². The largest absolute Gasteiger partial charge is 0.383 e. The minimum atomic E-state index is 0.506. The highest BCUT2D eigenvalue weighted by Gasteiger charge is 2.14. The molecule has 0 fully saturated rings. The summed E-state index contributed by atoms with van der Waals surface area (Å²) < 4.78 is 0.820. The maximum atomic E-state index is 6.02. The zero-order valence-electron chi connectivity index (χ0n) is 12.4. The fraction of sp³-hybridized carbons (Fsp3) is 0.375. The maximum absolute atomic E-state index is 6.02. The number of benzene rings is 1. The van der Waals surface area contributed by atoms with E-state index in [-0.39, 0.29) is 0 Å². The van der Waals surface area contributed by atoms with Crippen molar-refractivity contribution in [3.63, 3.8) is 0 Å². The lowest BCUT2D eigenvalue weighted by Gasteiger charge is -2.12. The van der Waals surface area contributed by atoms with Crippen LogP contribution in [0.15, 0.2) is 22.7 Å². The number of rotatable bonds is 3. The number of nitrogen functional groups attached to an aromatic ring is 1. The lowest BCUT2D eigenvalue weighted by atomic mass is 10.0. The van der Waals surface area contributed by atoms with E-state index in [1.165, 1.54) is 5.56 Å². The Morgan fingerprint density at radius 3 is 2.55 bits per heavy atom. The Hall–Kier alpha value is -1.42. The van der Waals surface area contributed by atoms with Gasteiger partial charge in [0.25, 0.3) is 0 Å². The second-order valence-electron chi connectivity index (χ2n) is 5.61. The van der Waals surface area contributed by atoms with Crippen molar-refractivity contribution >= 4 is 21.7 Å². The van der Waals surface area contributed by atoms with Crippen LogP contribution in [0.2, 0.25) is 0 Å². The van der Waals surface area contributed by atoms with Crippen LogP contribution in [0.5, 0.6) is 0 Å². The second-order valence-corrected chi connectivity index (χ2v) is 6.40. The zero-order valence-corrected chi connectivity index (χ0v) is 14.0. The molecule has 0 aliphatic rings. The molecule has 0 saturated carbocycles. The van der Waals surface area contributed by atoms with Gasteiger partial charge in [-0.2, -0.15) is 0 Å². The lowest BCUT2D eigenvalue weighted by Crippen LogP contribution is -2.06. The number of nitrogens with zero attached hydrogens (tertiary/aromatic N) is 2. The van der Waals surface area contributed by atoms with Crippen molar-refractivity contribution in [2.75, 3.05) is 5.73 Å². The van der Waals surface area contributed by atoms with Crippen LogP contribution in [0, 0.1) is 19.8 Å². The molecule has 4 heteroatoms. The van der Waals surface area contributed by atoms with Crippen LogP contribution in [0.4, 0.5) is 5.82 Å². The summed E-state index contributed by atoms with van der Waals surface area (Å²) in [7, 11) is 0. The fourth-order valence-corrected chi connectivity index (χ4v) is 2.47. The summed E-state index contributed by atoms with van der Waals surface area (Å²) >= 11 is 3.50. The highest BCUT2D eigenvalue weighted by Crippen LogP contribution is 2.28. The molecule has 1 aromatic heterocycles. The first-order valence-corrected chi connectivity index (χ1v) is 7.57. The van der Waals surface area contributed by atoms with Gasteiger partial charge in [0.15, 0.2) is 5.82 Å². The molecule has 20 heavy (non-hydrogen) atoms. The van der Waals surface area contributed by atoms with Crippen LogP contribution < -0.4 is 5.73 Å². The van der Waals surface area contributed by atoms with E-state index in [4.69, 9.17) is 10.7 Å². The predicted octanol–water partition coefficient (Wildman–Crippen LogP) is 4.30. The topological polar surface area (TPSA) is 51.8 Å². The van der Waals surface area contributed by atoms with Gasteiger partial charge in [0.2, 0.25) is 0 Å². The van der Waals surface area contributed by atoms with Gasteiger partial charge in [-0.05, 0) is 53.7 Å². The third kappa shape index (κ3) is 3.18. The molecule has 0 aliphatic carbocycles. The van der Waals surface area contributed by atoms with E-state index in [1.54, 1.807) is 0 Å². The third-order valence-corrected chi connectivity index (χ3v) is 4.04. The van der Waals surface area contributed by atoms with Gasteiger partial charge in [0.1, 0.15) is 5.82 Å². The van der Waals surface area contributed by atoms with Gasteiger partial charge in [-0.1, -0.05) is 31.5 Å². The molecule has 3 nitrogen and oxygen atoms in total. The summed E-state index contributed by atoms with van der Waals surface area (Å²) in [6.07, 6.45) is 0.880. The molecule has 0 radical (unpaired) electrons. The van der Waals surface area contributed by atoms with Crippen molar-refractivity contribution in [2.24, 2.45) is 5.92 Å². The smallest absolute Gasteiger partial charge is 0.162 e. The minimum absolute atomic E-state index is 0.506. The number of hydrogen-bond acceptors (Lipinski definition) is 3. The molecule has 0 saturated heterocycles. The Morgan fingerprint density at radius 2 is 1.90 bits per heavy atom. The molecule has 0 aliphatic heterocycles. The van der Waals surface area contributed by atoms with Crippen molar-refractivity contribution in [3.05, 3.63) is 39.5 Å². The first-order valence-electron chi connectivity index (χ1n) is 6.78. The average molecular weight is 334 g/mol. The molecule has 2 N–H and O–H groups in total. The minimum Gasteiger partial charge on any atom is -0.383 e. The fourth-order valence-electron chi connectivity index (χ4n) is 2.13. The molecule has 106 valence electrons. The van der Waals surface area contributed by atoms with Crippen molar-refractivity contribution in [1.82, 2.24) is 9.97 Å². The number of nitrogens with two attached hydrogens (primary N) is 1. The Kier molecular flexibility index (Phi) is 4.43. The SMILES string of the molecule is Cc1ccc(C)c(-c2nc(N)c(Br)c(CC(C)C)n2)c1. The number of aryl methyl sites for hydroxylation is 2. The molecule has 0 bridgehead atoms. The van der Waals surface area contributed by atoms with Crippen LogP contribution in [0.25, 0.3) is 11.4 Å². The highest BCUT2D eigenvalue weighted by atomic mass is 79.9. The van der Waals surface area contributed by atoms with Crippen LogP contribution in [0.3, 0.4) is 0 Å². The first kappa shape index (κ1) is 15.0. The van der Waals surface area contributed by atoms with Gasteiger partial charge in [0.05, 0.1) is 10.2 Å². The second kappa shape index (κ2) is 5.92. The number of hydrogen-bond donors (Lipinski definition) is 1. The van der Waals surface area contributed by atoms with Crippen LogP contribution in [0.1, 0.15) is 30.7 Å². The van der Waals surface area contributed by atoms with Crippen LogP contribution in [-0.4, -0.2) is 9.97 Å². The Labute approximate surface area is 128 Å². The van der Waals surface area contributed by atoms with Gasteiger partial charge < -0.3 is 5.73 Å². The monoisotopic (exact) mass is 333 g/mol. The third-order valence-electron chi connectivity index (χ3n) is 3.18. The average Bonchev–Trinajstić information content (AvgIpc) is 2.37. The Morgan fingerprint density at radius 1 is 1.20 bits per heavy atom. The van der Waals surface area contributed by atoms with Gasteiger partial charge in [0, 0.05) is 5.56 Å². The summed E-state index contributed by atoms with van der Waals surface area (Å²) in [6, 6.07) is 6.29. The van der Waals surface area contributed by atoms with Gasteiger partial charge in [-0.25, -0.2) is 9.97 Å². The van der Waals surface area contributed by atoms with Gasteiger partial charge in [-0.3, -0.25) is 0 Å². The standard InChI is InChI=1S/C16H20BrN3/c1-9(2)7-13-14(17)15(18)20-16(19-13)12-8-10(3)5-6-11(12)4/h5-6,8-9H,7H2,1-4H3,(H2,18,19,20). The lowest BCUT2D eigenvalue weighted by molar-refractivity contribution is 0.633. The molecule has 1 aromatic carbocycles. The van der Waals surface area contributed by atoms with E-state index in [0.717, 1.165) is 27.7 Å². The molecule has 0 spiro atoms. The quantitative estimate of drug-likeness (QED) is 0.910. The number of aromatic nitrogens is 2. The van der Waals surface area contributed by atoms with Crippen molar-refractivity contribution < 1.29 is 0 Å². The molecule has 2 aromatic rings. The van der Waals surface area contributed by atoms with Crippen LogP contribution in [-0.2, 0) is 6.42 Å². The van der Waals surface area contributed by atoms with E-state index in [9.17, 15) is 0 Å². The molecule has 2 rings (SSSR count). The molecule has 0 unspecified atom stereocenters. The normalized spacial score (nSPS) is 11.1. The van der Waals surface area contributed by atoms with E-state index in [1.807, 2.05) is 0 Å². The highest BCUT2D eigenvalue weighted by molar-refractivity contribution is 9.10. The van der Waals surface area contributed by atoms with Gasteiger partial charge in [-0.15, -0.1) is 0 Å². The van der Waals surface area contributed by atoms with E-state index in [2.05, 4.69) is 66.8 Å². The molecule has 1 heterocycles. The Balaban J connectivity index is 2.57. The summed E-state index contributed by atoms with van der Waals surface area (Å²) in [6.45, 7) is 8.48. The summed E-state index contributed by atoms with van der Waals surface area (Å²) in [4.78, 5) is 9.14. The van der Waals surface area contributed by atoms with Crippen LogP contribution >= 0.6 is 15.9 Å². The van der Waals surface area contributed by atoms with Crippen molar-refractivity contribution in [3.8, 4) is 11.4 Å². The summed E-state index contributed by atoms with van der Waals surface area (Å²) in [5.74, 6) is 1.74. The summed E-state index contributed by atoms with van der Waals surface area (Å²) in [5.41, 5.74) is 10.4. The Bertz CT molecular complexity index is 636. The molecule has 0 amide bonds. The number of halogens is 1. The summed E-state index contributed by atoms with van der Waals surface area (Å²) in [5, 5.41) is 0. The number of anilines is 1. The maximum Gasteiger partial charge on any atom is 0.162 e. The van der Waals surface area contributed by atoms with Crippen molar-refractivity contribution in [2.45, 2.75) is 34.1 Å². The van der Waals surface area contributed by atoms with E-state index >= 15 is 0 Å². The molecule has 0 atom stereocenters. The molecular weight excluding hydrogens is 314 g/mol. The molecular formula is C16H20BrN3. The zero-order chi connectivity index (χ0) is 14.9. The van der Waals surface area contributed by atoms with Gasteiger partial charge >= 0.3 is 0 Å². The predicted molar refractivity (Wildman–Crippen MR) is 87.6 cm³/mol. The van der Waals surface area contributed by atoms with Crippen molar-refractivity contribution in [1.29, 1.82) is 0 Å². The first-order chi connectivity index (χ1) is 9.38.